The summed E-state index contributed by atoms with van der Waals surface area (Å²) >= 11 is 9.35. The fraction of sp³-hybridized carbons (Fsp3) is 0.133. The molecule has 0 spiro atoms. The third-order valence-corrected chi connectivity index (χ3v) is 4.14. The van der Waals surface area contributed by atoms with E-state index in [1.807, 2.05) is 30.3 Å². The molecule has 0 radical (unpaired) electrons. The molecule has 1 N–H and O–H groups in total. The van der Waals surface area contributed by atoms with Crippen molar-refractivity contribution in [2.24, 2.45) is 0 Å². The average Bonchev–Trinajstić information content (AvgIpc) is 2.79. The van der Waals surface area contributed by atoms with Crippen molar-refractivity contribution in [3.05, 3.63) is 45.9 Å². The molecular formula is C15H12BrClN2O. The minimum absolute atomic E-state index is 0.204. The highest BCUT2D eigenvalue weighted by Gasteiger charge is 2.13. The molecule has 0 fully saturated rings. The minimum Gasteiger partial charge on any atom is -0.507 e. The molecule has 3 nitrogen and oxygen atoms in total. The van der Waals surface area contributed by atoms with Crippen molar-refractivity contribution in [1.29, 1.82) is 0 Å². The van der Waals surface area contributed by atoms with Crippen molar-refractivity contribution < 1.29 is 5.11 Å². The smallest absolute Gasteiger partial charge is 0.141 e. The Hall–Kier alpha value is -1.52. The van der Waals surface area contributed by atoms with Crippen LogP contribution < -0.4 is 0 Å². The molecule has 1 aromatic heterocycles. The van der Waals surface area contributed by atoms with E-state index >= 15 is 0 Å². The fourth-order valence-corrected chi connectivity index (χ4v) is 2.70. The first-order chi connectivity index (χ1) is 9.60. The van der Waals surface area contributed by atoms with Gasteiger partial charge in [-0.2, -0.15) is 0 Å². The van der Waals surface area contributed by atoms with Crippen LogP contribution in [-0.4, -0.2) is 14.7 Å². The summed E-state index contributed by atoms with van der Waals surface area (Å²) in [5.41, 5.74) is 2.77. The lowest BCUT2D eigenvalue weighted by atomic mass is 10.2. The minimum atomic E-state index is 0.204. The van der Waals surface area contributed by atoms with E-state index in [9.17, 15) is 5.11 Å². The van der Waals surface area contributed by atoms with E-state index in [1.165, 1.54) is 0 Å². The predicted molar refractivity (Wildman–Crippen MR) is 85.2 cm³/mol. The Morgan fingerprint density at radius 1 is 1.25 bits per heavy atom. The van der Waals surface area contributed by atoms with Gasteiger partial charge in [-0.15, -0.1) is 0 Å². The highest BCUT2D eigenvalue weighted by Crippen LogP contribution is 2.32. The van der Waals surface area contributed by atoms with Crippen molar-refractivity contribution in [3.63, 3.8) is 0 Å². The lowest BCUT2D eigenvalue weighted by molar-refractivity contribution is 0.472. The number of phenols is 1. The zero-order valence-corrected chi connectivity index (χ0v) is 13.1. The summed E-state index contributed by atoms with van der Waals surface area (Å²) < 4.78 is 2.76. The number of nitrogens with zero attached hydrogens (tertiary/aromatic N) is 2. The predicted octanol–water partition coefficient (Wildman–Crippen LogP) is 4.84. The Morgan fingerprint density at radius 3 is 2.75 bits per heavy atom. The highest BCUT2D eigenvalue weighted by molar-refractivity contribution is 9.10. The summed E-state index contributed by atoms with van der Waals surface area (Å²) in [5.74, 6) is 1.03. The molecule has 0 aliphatic carbocycles. The number of fused-ring (bicyclic) bond motifs is 1. The maximum atomic E-state index is 9.84. The Balaban J connectivity index is 2.27. The molecule has 102 valence electrons. The highest BCUT2D eigenvalue weighted by atomic mass is 79.9. The molecule has 0 saturated carbocycles. The second-order valence-corrected chi connectivity index (χ2v) is 5.77. The van der Waals surface area contributed by atoms with Crippen LogP contribution in [0.15, 0.2) is 40.9 Å². The molecule has 0 amide bonds. The van der Waals surface area contributed by atoms with E-state index in [0.29, 0.717) is 9.50 Å². The van der Waals surface area contributed by atoms with Gasteiger partial charge in [0.1, 0.15) is 11.6 Å². The van der Waals surface area contributed by atoms with Gasteiger partial charge in [-0.25, -0.2) is 4.98 Å². The van der Waals surface area contributed by atoms with E-state index in [-0.39, 0.29) is 5.75 Å². The lowest BCUT2D eigenvalue weighted by Gasteiger charge is -2.07. The maximum Gasteiger partial charge on any atom is 0.141 e. The van der Waals surface area contributed by atoms with Gasteiger partial charge in [0.2, 0.25) is 0 Å². The third kappa shape index (κ3) is 2.19. The van der Waals surface area contributed by atoms with E-state index in [4.69, 9.17) is 11.6 Å². The number of hydrogen-bond donors (Lipinski definition) is 1. The second-order valence-electron chi connectivity index (χ2n) is 4.48. The zero-order valence-electron chi connectivity index (χ0n) is 10.8. The zero-order chi connectivity index (χ0) is 14.3. The van der Waals surface area contributed by atoms with Crippen molar-refractivity contribution in [1.82, 2.24) is 9.55 Å². The van der Waals surface area contributed by atoms with Crippen molar-refractivity contribution in [3.8, 4) is 17.1 Å². The van der Waals surface area contributed by atoms with Gasteiger partial charge in [-0.05, 0) is 59.3 Å². The molecule has 0 saturated heterocycles. The largest absolute Gasteiger partial charge is 0.507 e. The quantitative estimate of drug-likeness (QED) is 0.717. The number of aromatic nitrogens is 2. The molecule has 0 unspecified atom stereocenters. The molecule has 0 bridgehead atoms. The van der Waals surface area contributed by atoms with Crippen LogP contribution in [0.2, 0.25) is 5.02 Å². The Bertz CT molecular complexity index is 798. The summed E-state index contributed by atoms with van der Waals surface area (Å²) in [6.45, 7) is 2.84. The molecule has 0 aliphatic rings. The van der Waals surface area contributed by atoms with E-state index < -0.39 is 0 Å². The van der Waals surface area contributed by atoms with Gasteiger partial charge in [0.15, 0.2) is 0 Å². The summed E-state index contributed by atoms with van der Waals surface area (Å²) in [6.07, 6.45) is 0. The van der Waals surface area contributed by atoms with Gasteiger partial charge < -0.3 is 9.67 Å². The average molecular weight is 352 g/mol. The van der Waals surface area contributed by atoms with Gasteiger partial charge in [-0.1, -0.05) is 11.6 Å². The number of imidazole rings is 1. The lowest BCUT2D eigenvalue weighted by Crippen LogP contribution is -1.97. The topological polar surface area (TPSA) is 38.0 Å². The van der Waals surface area contributed by atoms with Crippen molar-refractivity contribution in [2.75, 3.05) is 0 Å². The van der Waals surface area contributed by atoms with Crippen LogP contribution in [0.5, 0.6) is 5.75 Å². The number of aromatic hydroxyl groups is 1. The number of halogens is 2. The van der Waals surface area contributed by atoms with Crippen LogP contribution in [0.3, 0.4) is 0 Å². The SMILES string of the molecule is CCn1c(-c2ccc(Br)c(O)c2)nc2ccc(Cl)cc21. The van der Waals surface area contributed by atoms with E-state index in [2.05, 4.69) is 32.4 Å². The number of rotatable bonds is 2. The summed E-state index contributed by atoms with van der Waals surface area (Å²) in [7, 11) is 0. The van der Waals surface area contributed by atoms with Gasteiger partial charge in [0.05, 0.1) is 15.5 Å². The second kappa shape index (κ2) is 5.11. The molecule has 0 atom stereocenters. The van der Waals surface area contributed by atoms with Crippen molar-refractivity contribution >= 4 is 38.6 Å². The molecule has 0 aliphatic heterocycles. The first kappa shape index (κ1) is 13.5. The van der Waals surface area contributed by atoms with E-state index in [0.717, 1.165) is 29.0 Å². The van der Waals surface area contributed by atoms with Crippen molar-refractivity contribution in [2.45, 2.75) is 13.5 Å². The normalized spacial score (nSPS) is 11.2. The fourth-order valence-electron chi connectivity index (χ4n) is 2.29. The molecule has 5 heteroatoms. The Kier molecular flexibility index (Phi) is 3.44. The first-order valence-corrected chi connectivity index (χ1v) is 7.42. The molecule has 2 aromatic carbocycles. The standard InChI is InChI=1S/C15H12BrClN2O/c1-2-19-13-8-10(17)4-6-12(13)18-15(19)9-3-5-11(16)14(20)7-9/h3-8,20H,2H2,1H3. The maximum absolute atomic E-state index is 9.84. The molecule has 1 heterocycles. The molecule has 20 heavy (non-hydrogen) atoms. The summed E-state index contributed by atoms with van der Waals surface area (Å²) in [6, 6.07) is 11.1. The number of benzene rings is 2. The Labute approximate surface area is 130 Å². The number of phenolic OH excluding ortho intramolecular Hbond substituents is 1. The van der Waals surface area contributed by atoms with Gasteiger partial charge in [0.25, 0.3) is 0 Å². The number of aryl methyl sites for hydroxylation is 1. The monoisotopic (exact) mass is 350 g/mol. The first-order valence-electron chi connectivity index (χ1n) is 6.25. The van der Waals surface area contributed by atoms with E-state index in [1.54, 1.807) is 6.07 Å². The van der Waals surface area contributed by atoms with Crippen LogP contribution in [0, 0.1) is 0 Å². The summed E-state index contributed by atoms with van der Waals surface area (Å²) in [4.78, 5) is 4.64. The molecule has 3 aromatic rings. The van der Waals surface area contributed by atoms with Gasteiger partial charge >= 0.3 is 0 Å². The Morgan fingerprint density at radius 2 is 2.05 bits per heavy atom. The third-order valence-electron chi connectivity index (χ3n) is 3.23. The van der Waals surface area contributed by atoms with Crippen LogP contribution in [0.25, 0.3) is 22.4 Å². The van der Waals surface area contributed by atoms with Crippen LogP contribution in [0.4, 0.5) is 0 Å². The van der Waals surface area contributed by atoms with Gasteiger partial charge in [0, 0.05) is 17.1 Å². The van der Waals surface area contributed by atoms with Crippen LogP contribution in [0.1, 0.15) is 6.92 Å². The molecule has 3 rings (SSSR count). The number of hydrogen-bond acceptors (Lipinski definition) is 2. The van der Waals surface area contributed by atoms with Crippen LogP contribution >= 0.6 is 27.5 Å². The van der Waals surface area contributed by atoms with Crippen LogP contribution in [-0.2, 0) is 6.54 Å². The van der Waals surface area contributed by atoms with Gasteiger partial charge in [-0.3, -0.25) is 0 Å². The molecular weight excluding hydrogens is 340 g/mol. The summed E-state index contributed by atoms with van der Waals surface area (Å²) in [5, 5.41) is 10.5.